The first-order valence-electron chi connectivity index (χ1n) is 6.24. The molecule has 21 heavy (non-hydrogen) atoms. The third-order valence-corrected chi connectivity index (χ3v) is 5.18. The summed E-state index contributed by atoms with van der Waals surface area (Å²) in [5.74, 6) is -7.69. The first kappa shape index (κ1) is 18.6. The topological polar surface area (TPSA) is 53.4 Å². The monoisotopic (exact) mass is 421 g/mol. The summed E-state index contributed by atoms with van der Waals surface area (Å²) in [6.45, 7) is 3.95. The zero-order valence-electron chi connectivity index (χ0n) is 11.7. The van der Waals surface area contributed by atoms with Gasteiger partial charge in [0.2, 0.25) is 0 Å². The van der Waals surface area contributed by atoms with E-state index in [1.807, 2.05) is 22.6 Å². The van der Waals surface area contributed by atoms with Crippen molar-refractivity contribution in [2.45, 2.75) is 38.4 Å². The van der Waals surface area contributed by atoms with Gasteiger partial charge in [0, 0.05) is 9.99 Å². The number of aliphatic hydroxyl groups excluding tert-OH is 2. The smallest absolute Gasteiger partial charge is 0.252 e. The molecule has 0 spiro atoms. The molecule has 0 saturated heterocycles. The molecule has 0 radical (unpaired) electrons. The summed E-state index contributed by atoms with van der Waals surface area (Å²) in [5.41, 5.74) is -2.92. The molecule has 0 aliphatic rings. The lowest BCUT2D eigenvalue weighted by atomic mass is 9.64. The fraction of sp³-hybridized carbons (Fsp3) is 0.615. The van der Waals surface area contributed by atoms with Gasteiger partial charge in [-0.2, -0.15) is 13.8 Å². The number of hydrogen-bond donors (Lipinski definition) is 2. The number of rotatable bonds is 5. The summed E-state index contributed by atoms with van der Waals surface area (Å²) in [6.07, 6.45) is -2.90. The van der Waals surface area contributed by atoms with Crippen LogP contribution < -0.4 is 0 Å². The van der Waals surface area contributed by atoms with Crippen LogP contribution in [-0.4, -0.2) is 31.8 Å². The van der Waals surface area contributed by atoms with Gasteiger partial charge in [-0.1, -0.05) is 29.5 Å². The lowest BCUT2D eigenvalue weighted by molar-refractivity contribution is -0.0291. The highest BCUT2D eigenvalue weighted by molar-refractivity contribution is 14.1. The van der Waals surface area contributed by atoms with E-state index in [9.17, 15) is 27.8 Å². The van der Waals surface area contributed by atoms with Crippen molar-refractivity contribution >= 4 is 22.6 Å². The number of nitrogens with zero attached hydrogens (tertiary/aromatic N) is 1. The Hall–Kier alpha value is -0.480. The van der Waals surface area contributed by atoms with E-state index in [0.29, 0.717) is 0 Å². The quantitative estimate of drug-likeness (QED) is 0.333. The minimum absolute atomic E-state index is 0.290. The molecule has 8 heteroatoms. The fourth-order valence-corrected chi connectivity index (χ4v) is 3.56. The summed E-state index contributed by atoms with van der Waals surface area (Å²) in [6, 6.07) is 0. The first-order chi connectivity index (χ1) is 9.62. The molecule has 1 aromatic rings. The van der Waals surface area contributed by atoms with E-state index >= 15 is 0 Å². The van der Waals surface area contributed by atoms with Crippen LogP contribution in [0, 0.1) is 29.4 Å². The predicted octanol–water partition coefficient (Wildman–Crippen LogP) is 2.71. The van der Waals surface area contributed by atoms with E-state index in [2.05, 4.69) is 4.98 Å². The summed E-state index contributed by atoms with van der Waals surface area (Å²) in [4.78, 5) is 2.50. The minimum Gasteiger partial charge on any atom is -0.392 e. The molecule has 0 saturated carbocycles. The van der Waals surface area contributed by atoms with Gasteiger partial charge in [0.15, 0.2) is 11.6 Å². The van der Waals surface area contributed by atoms with Crippen LogP contribution >= 0.6 is 22.6 Å². The predicted molar refractivity (Wildman–Crippen MR) is 77.2 cm³/mol. The molecule has 3 unspecified atom stereocenters. The van der Waals surface area contributed by atoms with Crippen LogP contribution in [0.2, 0.25) is 0 Å². The van der Waals surface area contributed by atoms with E-state index in [4.69, 9.17) is 0 Å². The van der Waals surface area contributed by atoms with Gasteiger partial charge >= 0.3 is 0 Å². The van der Waals surface area contributed by atoms with Gasteiger partial charge in [-0.3, -0.25) is 0 Å². The molecule has 0 aliphatic heterocycles. The number of halogens is 5. The summed E-state index contributed by atoms with van der Waals surface area (Å²) in [7, 11) is 0. The highest BCUT2D eigenvalue weighted by Crippen LogP contribution is 2.43. The average Bonchev–Trinajstić information content (AvgIpc) is 2.39. The van der Waals surface area contributed by atoms with Crippen molar-refractivity contribution in [3.63, 3.8) is 0 Å². The molecule has 1 aromatic heterocycles. The molecule has 0 bridgehead atoms. The Morgan fingerprint density at radius 2 is 1.38 bits per heavy atom. The maximum Gasteiger partial charge on any atom is 0.252 e. The molecule has 0 aliphatic carbocycles. The van der Waals surface area contributed by atoms with Crippen LogP contribution in [0.5, 0.6) is 0 Å². The van der Waals surface area contributed by atoms with Gasteiger partial charge in [-0.25, -0.2) is 8.78 Å². The second-order valence-corrected chi connectivity index (χ2v) is 5.92. The van der Waals surface area contributed by atoms with Crippen molar-refractivity contribution in [1.29, 1.82) is 0 Å². The summed E-state index contributed by atoms with van der Waals surface area (Å²) >= 11 is 1.90. The highest BCUT2D eigenvalue weighted by atomic mass is 127. The number of hydrogen-bond acceptors (Lipinski definition) is 3. The standard InChI is InChI=1S/C13H16F4INO2/c1-5(4-18)13(6(2)20,7(3)21)8-9(14)11(16)19-12(17)10(8)15/h5-7,20-21H,4H2,1-3H3. The molecule has 120 valence electrons. The maximum atomic E-state index is 14.1. The normalized spacial score (nSPS) is 19.0. The van der Waals surface area contributed by atoms with E-state index in [-0.39, 0.29) is 4.43 Å². The van der Waals surface area contributed by atoms with E-state index in [1.54, 1.807) is 0 Å². The summed E-state index contributed by atoms with van der Waals surface area (Å²) < 4.78 is 55.2. The number of aromatic nitrogens is 1. The zero-order chi connectivity index (χ0) is 16.5. The third-order valence-electron chi connectivity index (χ3n) is 3.86. The average molecular weight is 421 g/mol. The van der Waals surface area contributed by atoms with Crippen molar-refractivity contribution in [1.82, 2.24) is 4.98 Å². The van der Waals surface area contributed by atoms with Gasteiger partial charge in [-0.15, -0.1) is 0 Å². The molecule has 3 nitrogen and oxygen atoms in total. The Labute approximate surface area is 133 Å². The molecular weight excluding hydrogens is 405 g/mol. The van der Waals surface area contributed by atoms with Crippen molar-refractivity contribution in [3.05, 3.63) is 29.1 Å². The first-order valence-corrected chi connectivity index (χ1v) is 7.77. The van der Waals surface area contributed by atoms with E-state index in [0.717, 1.165) is 0 Å². The van der Waals surface area contributed by atoms with E-state index < -0.39 is 52.6 Å². The minimum atomic E-state index is -1.90. The van der Waals surface area contributed by atoms with Crippen LogP contribution in [0.25, 0.3) is 0 Å². The van der Waals surface area contributed by atoms with Crippen LogP contribution in [-0.2, 0) is 5.41 Å². The largest absolute Gasteiger partial charge is 0.392 e. The van der Waals surface area contributed by atoms with Gasteiger partial charge in [0.1, 0.15) is 0 Å². The van der Waals surface area contributed by atoms with Crippen molar-refractivity contribution in [2.75, 3.05) is 4.43 Å². The van der Waals surface area contributed by atoms with Crippen LogP contribution in [0.15, 0.2) is 0 Å². The second-order valence-electron chi connectivity index (χ2n) is 5.04. The highest BCUT2D eigenvalue weighted by Gasteiger charge is 2.51. The van der Waals surface area contributed by atoms with Gasteiger partial charge in [0.25, 0.3) is 11.9 Å². The second kappa shape index (κ2) is 6.74. The SMILES string of the molecule is CC(O)C(c1c(F)c(F)nc(F)c1F)(C(C)O)C(C)CI. The number of aliphatic hydroxyl groups is 2. The van der Waals surface area contributed by atoms with Crippen molar-refractivity contribution in [3.8, 4) is 0 Å². The van der Waals surface area contributed by atoms with Gasteiger partial charge in [-0.05, 0) is 19.8 Å². The lowest BCUT2D eigenvalue weighted by Gasteiger charge is -2.44. The van der Waals surface area contributed by atoms with Crippen LogP contribution in [0.4, 0.5) is 17.6 Å². The maximum absolute atomic E-state index is 14.1. The van der Waals surface area contributed by atoms with Crippen molar-refractivity contribution in [2.24, 2.45) is 5.92 Å². The van der Waals surface area contributed by atoms with Crippen molar-refractivity contribution < 1.29 is 27.8 Å². The van der Waals surface area contributed by atoms with E-state index in [1.165, 1.54) is 20.8 Å². The molecule has 1 heterocycles. The lowest BCUT2D eigenvalue weighted by Crippen LogP contribution is -2.53. The Balaban J connectivity index is 3.85. The number of alkyl halides is 1. The molecule has 1 rings (SSSR count). The Morgan fingerprint density at radius 3 is 1.67 bits per heavy atom. The fourth-order valence-electron chi connectivity index (χ4n) is 2.83. The Bertz CT molecular complexity index is 491. The third kappa shape index (κ3) is 2.89. The van der Waals surface area contributed by atoms with Crippen LogP contribution in [0.1, 0.15) is 26.3 Å². The Morgan fingerprint density at radius 1 is 1.00 bits per heavy atom. The van der Waals surface area contributed by atoms with Crippen LogP contribution in [0.3, 0.4) is 0 Å². The molecule has 2 N–H and O–H groups in total. The molecule has 0 amide bonds. The molecular formula is C13H16F4INO2. The Kier molecular flexibility index (Phi) is 5.96. The number of pyridine rings is 1. The van der Waals surface area contributed by atoms with Gasteiger partial charge < -0.3 is 10.2 Å². The van der Waals surface area contributed by atoms with Gasteiger partial charge in [0.05, 0.1) is 17.6 Å². The zero-order valence-corrected chi connectivity index (χ0v) is 13.8. The molecule has 3 atom stereocenters. The molecule has 0 fully saturated rings. The summed E-state index contributed by atoms with van der Waals surface area (Å²) in [5, 5.41) is 20.1. The molecule has 0 aromatic carbocycles.